The molecule has 8 heteroatoms. The van der Waals surface area contributed by atoms with Crippen LogP contribution in [0.4, 0.5) is 10.5 Å². The molecule has 1 saturated heterocycles. The molecule has 1 atom stereocenters. The van der Waals surface area contributed by atoms with Crippen molar-refractivity contribution in [3.05, 3.63) is 41.5 Å². The third-order valence-corrected chi connectivity index (χ3v) is 5.83. The molecule has 3 aliphatic heterocycles. The van der Waals surface area contributed by atoms with Crippen LogP contribution in [-0.4, -0.2) is 43.4 Å². The van der Waals surface area contributed by atoms with Gasteiger partial charge in [-0.3, -0.25) is 4.79 Å². The molecular weight excluding hydrogens is 400 g/mol. The number of rotatable bonds is 5. The van der Waals surface area contributed by atoms with Gasteiger partial charge in [0.05, 0.1) is 31.4 Å². The molecule has 0 aliphatic carbocycles. The minimum absolute atomic E-state index is 0.136. The van der Waals surface area contributed by atoms with Gasteiger partial charge >= 0.3 is 6.03 Å². The Labute approximate surface area is 180 Å². The highest BCUT2D eigenvalue weighted by molar-refractivity contribution is 6.16. The van der Waals surface area contributed by atoms with Gasteiger partial charge in [0.2, 0.25) is 12.7 Å². The largest absolute Gasteiger partial charge is 0.490 e. The minimum Gasteiger partial charge on any atom is -0.490 e. The molecule has 1 fully saturated rings. The summed E-state index contributed by atoms with van der Waals surface area (Å²) in [6.07, 6.45) is 0.889. The first-order valence-corrected chi connectivity index (χ1v) is 10.6. The van der Waals surface area contributed by atoms with E-state index in [1.54, 1.807) is 23.1 Å². The quantitative estimate of drug-likeness (QED) is 0.729. The van der Waals surface area contributed by atoms with Gasteiger partial charge in [-0.1, -0.05) is 0 Å². The summed E-state index contributed by atoms with van der Waals surface area (Å²) in [7, 11) is 0. The van der Waals surface area contributed by atoms with Crippen LogP contribution < -0.4 is 23.8 Å². The molecule has 31 heavy (non-hydrogen) atoms. The summed E-state index contributed by atoms with van der Waals surface area (Å²) in [5.41, 5.74) is 2.53. The summed E-state index contributed by atoms with van der Waals surface area (Å²) in [5.74, 6) is 2.24. The summed E-state index contributed by atoms with van der Waals surface area (Å²) < 4.78 is 22.3. The Kier molecular flexibility index (Phi) is 4.84. The number of nitrogens with zero attached hydrogens (tertiary/aromatic N) is 2. The van der Waals surface area contributed by atoms with Crippen molar-refractivity contribution in [2.75, 3.05) is 31.5 Å². The highest BCUT2D eigenvalue weighted by Crippen LogP contribution is 2.43. The van der Waals surface area contributed by atoms with Crippen LogP contribution in [0.25, 0.3) is 0 Å². The molecule has 5 rings (SSSR count). The van der Waals surface area contributed by atoms with Gasteiger partial charge in [-0.2, -0.15) is 0 Å². The van der Waals surface area contributed by atoms with Crippen LogP contribution in [0.15, 0.2) is 30.3 Å². The van der Waals surface area contributed by atoms with Crippen molar-refractivity contribution in [1.82, 2.24) is 4.90 Å². The predicted molar refractivity (Wildman–Crippen MR) is 112 cm³/mol. The smallest absolute Gasteiger partial charge is 0.331 e. The number of urea groups is 1. The normalized spacial score (nSPS) is 19.2. The molecule has 0 unspecified atom stereocenters. The van der Waals surface area contributed by atoms with Gasteiger partial charge in [0.25, 0.3) is 0 Å². The van der Waals surface area contributed by atoms with Crippen molar-refractivity contribution < 1.29 is 28.5 Å². The van der Waals surface area contributed by atoms with E-state index in [4.69, 9.17) is 18.9 Å². The molecule has 3 amide bonds. The number of imide groups is 1. The third kappa shape index (κ3) is 3.22. The number of benzene rings is 2. The van der Waals surface area contributed by atoms with Crippen molar-refractivity contribution in [2.24, 2.45) is 0 Å². The summed E-state index contributed by atoms with van der Waals surface area (Å²) in [6.45, 7) is 5.55. The van der Waals surface area contributed by atoms with Gasteiger partial charge in [0.1, 0.15) is 0 Å². The molecule has 3 heterocycles. The molecular formula is C23H24N2O6. The first kappa shape index (κ1) is 19.5. The maximum Gasteiger partial charge on any atom is 0.331 e. The maximum absolute atomic E-state index is 13.4. The Bertz CT molecular complexity index is 1050. The lowest BCUT2D eigenvalue weighted by atomic mass is 9.88. The molecule has 0 N–H and O–H groups in total. The van der Waals surface area contributed by atoms with Crippen molar-refractivity contribution >= 4 is 17.6 Å². The van der Waals surface area contributed by atoms with Gasteiger partial charge in [-0.05, 0) is 55.7 Å². The number of ether oxygens (including phenoxy) is 4. The van der Waals surface area contributed by atoms with Gasteiger partial charge in [0.15, 0.2) is 23.0 Å². The monoisotopic (exact) mass is 424 g/mol. The molecule has 2 aromatic carbocycles. The van der Waals surface area contributed by atoms with Crippen LogP contribution in [-0.2, 0) is 11.2 Å². The molecule has 3 aliphatic rings. The van der Waals surface area contributed by atoms with E-state index in [0.29, 0.717) is 54.9 Å². The van der Waals surface area contributed by atoms with E-state index >= 15 is 0 Å². The number of hydrogen-bond acceptors (Lipinski definition) is 6. The number of carbonyl (C=O) groups excluding carboxylic acids is 2. The summed E-state index contributed by atoms with van der Waals surface area (Å²) in [4.78, 5) is 29.5. The SMILES string of the molecule is CCOc1cc2c(cc1OCC)[C@H]1CC(=O)N(c3ccc4c(c3)OCO4)C(=O)N1CC2. The second-order valence-electron chi connectivity index (χ2n) is 7.58. The van der Waals surface area contributed by atoms with Crippen LogP contribution >= 0.6 is 0 Å². The number of hydrogen-bond donors (Lipinski definition) is 0. The average molecular weight is 424 g/mol. The molecule has 0 spiro atoms. The fourth-order valence-corrected chi connectivity index (χ4v) is 4.47. The van der Waals surface area contributed by atoms with E-state index in [2.05, 4.69) is 0 Å². The predicted octanol–water partition coefficient (Wildman–Crippen LogP) is 3.67. The van der Waals surface area contributed by atoms with Crippen LogP contribution in [0.2, 0.25) is 0 Å². The third-order valence-electron chi connectivity index (χ3n) is 5.83. The lowest BCUT2D eigenvalue weighted by Crippen LogP contribution is -2.55. The molecule has 0 radical (unpaired) electrons. The van der Waals surface area contributed by atoms with E-state index in [9.17, 15) is 9.59 Å². The minimum atomic E-state index is -0.322. The van der Waals surface area contributed by atoms with Gasteiger partial charge in [0, 0.05) is 12.6 Å². The van der Waals surface area contributed by atoms with E-state index in [-0.39, 0.29) is 31.2 Å². The van der Waals surface area contributed by atoms with Crippen LogP contribution in [0.3, 0.4) is 0 Å². The summed E-state index contributed by atoms with van der Waals surface area (Å²) in [6, 6.07) is 8.39. The number of fused-ring (bicyclic) bond motifs is 4. The molecule has 0 saturated carbocycles. The van der Waals surface area contributed by atoms with Crippen molar-refractivity contribution in [3.63, 3.8) is 0 Å². The topological polar surface area (TPSA) is 77.5 Å². The first-order valence-electron chi connectivity index (χ1n) is 10.6. The molecule has 0 bridgehead atoms. The fraction of sp³-hybridized carbons (Fsp3) is 0.391. The zero-order valence-corrected chi connectivity index (χ0v) is 17.6. The van der Waals surface area contributed by atoms with Crippen LogP contribution in [0.5, 0.6) is 23.0 Å². The number of anilines is 1. The second-order valence-corrected chi connectivity index (χ2v) is 7.58. The van der Waals surface area contributed by atoms with Crippen LogP contribution in [0, 0.1) is 0 Å². The van der Waals surface area contributed by atoms with Gasteiger partial charge < -0.3 is 23.8 Å². The molecule has 2 aromatic rings. The van der Waals surface area contributed by atoms with Gasteiger partial charge in [-0.15, -0.1) is 0 Å². The Balaban J connectivity index is 1.48. The van der Waals surface area contributed by atoms with E-state index in [0.717, 1.165) is 11.1 Å². The van der Waals surface area contributed by atoms with Crippen molar-refractivity contribution in [2.45, 2.75) is 32.7 Å². The lowest BCUT2D eigenvalue weighted by molar-refractivity contribution is -0.120. The standard InChI is InChI=1S/C23H24N2O6/c1-3-28-19-9-14-7-8-24-17(16(14)11-21(19)29-4-2)12-22(26)25(23(24)27)15-5-6-18-20(10-15)31-13-30-18/h5-6,9-11,17H,3-4,7-8,12-13H2,1-2H3/t17-/m1/s1. The highest BCUT2D eigenvalue weighted by Gasteiger charge is 2.43. The zero-order valence-electron chi connectivity index (χ0n) is 17.6. The molecule has 8 nitrogen and oxygen atoms in total. The summed E-state index contributed by atoms with van der Waals surface area (Å²) in [5, 5.41) is 0. The Hall–Kier alpha value is -3.42. The Morgan fingerprint density at radius 3 is 2.52 bits per heavy atom. The second kappa shape index (κ2) is 7.68. The van der Waals surface area contributed by atoms with E-state index in [1.807, 2.05) is 26.0 Å². The molecule has 162 valence electrons. The van der Waals surface area contributed by atoms with Crippen molar-refractivity contribution in [3.8, 4) is 23.0 Å². The number of carbonyl (C=O) groups is 2. The zero-order chi connectivity index (χ0) is 21.5. The summed E-state index contributed by atoms with van der Waals surface area (Å²) >= 11 is 0. The van der Waals surface area contributed by atoms with Gasteiger partial charge in [-0.25, -0.2) is 9.69 Å². The van der Waals surface area contributed by atoms with Crippen molar-refractivity contribution in [1.29, 1.82) is 0 Å². The average Bonchev–Trinajstić information content (AvgIpc) is 3.22. The maximum atomic E-state index is 13.4. The van der Waals surface area contributed by atoms with Crippen LogP contribution in [0.1, 0.15) is 37.4 Å². The Morgan fingerprint density at radius 1 is 1.00 bits per heavy atom. The number of amides is 3. The Morgan fingerprint density at radius 2 is 1.74 bits per heavy atom. The van der Waals surface area contributed by atoms with E-state index in [1.165, 1.54) is 4.90 Å². The highest BCUT2D eigenvalue weighted by atomic mass is 16.7. The first-order chi connectivity index (χ1) is 15.1. The van der Waals surface area contributed by atoms with E-state index < -0.39 is 0 Å². The fourth-order valence-electron chi connectivity index (χ4n) is 4.47. The molecule has 0 aromatic heterocycles. The lowest BCUT2D eigenvalue weighted by Gasteiger charge is -2.43.